The summed E-state index contributed by atoms with van der Waals surface area (Å²) in [7, 11) is 2.18. The molecular formula is C17H25N3O. The molecule has 2 fully saturated rings. The summed E-state index contributed by atoms with van der Waals surface area (Å²) in [6.07, 6.45) is 3.07. The summed E-state index contributed by atoms with van der Waals surface area (Å²) in [5.41, 5.74) is 2.61. The van der Waals surface area contributed by atoms with E-state index < -0.39 is 0 Å². The first kappa shape index (κ1) is 14.4. The number of amides is 1. The minimum absolute atomic E-state index is 0.240. The molecule has 2 aliphatic rings. The van der Waals surface area contributed by atoms with Crippen LogP contribution in [-0.4, -0.2) is 50.6 Å². The van der Waals surface area contributed by atoms with Gasteiger partial charge in [-0.2, -0.15) is 0 Å². The Morgan fingerprint density at radius 1 is 1.14 bits per heavy atom. The topological polar surface area (TPSA) is 35.6 Å². The summed E-state index contributed by atoms with van der Waals surface area (Å²) in [4.78, 5) is 16.4. The number of hydrogen-bond donors (Lipinski definition) is 1. The molecule has 0 unspecified atom stereocenters. The maximum Gasteiger partial charge on any atom is 0.223 e. The van der Waals surface area contributed by atoms with E-state index in [1.165, 1.54) is 11.3 Å². The van der Waals surface area contributed by atoms with E-state index in [0.717, 1.165) is 52.0 Å². The van der Waals surface area contributed by atoms with Gasteiger partial charge in [0.2, 0.25) is 5.91 Å². The van der Waals surface area contributed by atoms with Gasteiger partial charge in [-0.15, -0.1) is 0 Å². The molecule has 0 spiro atoms. The Morgan fingerprint density at radius 2 is 1.81 bits per heavy atom. The second-order valence-corrected chi connectivity index (χ2v) is 6.27. The van der Waals surface area contributed by atoms with Gasteiger partial charge in [-0.05, 0) is 44.0 Å². The predicted octanol–water partition coefficient (Wildman–Crippen LogP) is 1.51. The zero-order valence-corrected chi connectivity index (χ0v) is 12.8. The molecule has 1 aromatic carbocycles. The third-order valence-corrected chi connectivity index (χ3v) is 4.47. The molecule has 1 aliphatic heterocycles. The van der Waals surface area contributed by atoms with Crippen LogP contribution < -0.4 is 10.2 Å². The van der Waals surface area contributed by atoms with E-state index in [2.05, 4.69) is 46.4 Å². The third kappa shape index (κ3) is 3.97. The van der Waals surface area contributed by atoms with Crippen LogP contribution in [0.4, 0.5) is 5.69 Å². The quantitative estimate of drug-likeness (QED) is 0.891. The summed E-state index contributed by atoms with van der Waals surface area (Å²) in [6.45, 7) is 5.23. The Morgan fingerprint density at radius 3 is 2.43 bits per heavy atom. The Labute approximate surface area is 127 Å². The number of likely N-dealkylation sites (N-methyl/N-ethyl adjacent to an activating group) is 1. The molecule has 3 rings (SSSR count). The lowest BCUT2D eigenvalue weighted by Crippen LogP contribution is -2.44. The van der Waals surface area contributed by atoms with Gasteiger partial charge in [-0.25, -0.2) is 0 Å². The second kappa shape index (κ2) is 6.48. The zero-order valence-electron chi connectivity index (χ0n) is 12.8. The van der Waals surface area contributed by atoms with Gasteiger partial charge in [-0.3, -0.25) is 4.79 Å². The fourth-order valence-electron chi connectivity index (χ4n) is 2.76. The first-order chi connectivity index (χ1) is 10.2. The van der Waals surface area contributed by atoms with E-state index in [4.69, 9.17) is 0 Å². The molecular weight excluding hydrogens is 262 g/mol. The van der Waals surface area contributed by atoms with E-state index in [1.54, 1.807) is 0 Å². The van der Waals surface area contributed by atoms with Gasteiger partial charge >= 0.3 is 0 Å². The van der Waals surface area contributed by atoms with Gasteiger partial charge in [-0.1, -0.05) is 12.1 Å². The number of carbonyl (C=O) groups excluding carboxylic acids is 1. The highest BCUT2D eigenvalue weighted by molar-refractivity contribution is 5.80. The minimum Gasteiger partial charge on any atom is -0.369 e. The van der Waals surface area contributed by atoms with Crippen molar-refractivity contribution in [1.82, 2.24) is 10.2 Å². The van der Waals surface area contributed by atoms with Crippen molar-refractivity contribution in [2.24, 2.45) is 5.92 Å². The molecule has 0 radical (unpaired) electrons. The van der Waals surface area contributed by atoms with E-state index in [9.17, 15) is 4.79 Å². The molecule has 4 heteroatoms. The predicted molar refractivity (Wildman–Crippen MR) is 85.6 cm³/mol. The molecule has 1 heterocycles. The monoisotopic (exact) mass is 287 g/mol. The Bertz CT molecular complexity index is 473. The molecule has 0 aromatic heterocycles. The lowest BCUT2D eigenvalue weighted by Gasteiger charge is -2.34. The van der Waals surface area contributed by atoms with Crippen molar-refractivity contribution in [2.45, 2.75) is 19.3 Å². The van der Waals surface area contributed by atoms with Crippen LogP contribution in [-0.2, 0) is 11.2 Å². The molecule has 1 saturated heterocycles. The minimum atomic E-state index is 0.240. The maximum atomic E-state index is 11.6. The number of carbonyl (C=O) groups is 1. The lowest BCUT2D eigenvalue weighted by atomic mass is 10.1. The van der Waals surface area contributed by atoms with Crippen LogP contribution in [0.2, 0.25) is 0 Å². The smallest absolute Gasteiger partial charge is 0.223 e. The first-order valence-corrected chi connectivity index (χ1v) is 8.02. The fourth-order valence-corrected chi connectivity index (χ4v) is 2.76. The molecule has 1 N–H and O–H groups in total. The van der Waals surface area contributed by atoms with E-state index in [-0.39, 0.29) is 5.91 Å². The lowest BCUT2D eigenvalue weighted by molar-refractivity contribution is -0.122. The Balaban J connectivity index is 1.46. The highest BCUT2D eigenvalue weighted by Gasteiger charge is 2.28. The van der Waals surface area contributed by atoms with Crippen LogP contribution >= 0.6 is 0 Å². The number of rotatable bonds is 5. The highest BCUT2D eigenvalue weighted by Crippen LogP contribution is 2.28. The Kier molecular flexibility index (Phi) is 4.44. The van der Waals surface area contributed by atoms with Crippen LogP contribution in [0.15, 0.2) is 24.3 Å². The van der Waals surface area contributed by atoms with Crippen molar-refractivity contribution in [3.8, 4) is 0 Å². The van der Waals surface area contributed by atoms with Gasteiger partial charge in [0.1, 0.15) is 0 Å². The van der Waals surface area contributed by atoms with Crippen molar-refractivity contribution in [1.29, 1.82) is 0 Å². The number of benzene rings is 1. The van der Waals surface area contributed by atoms with Crippen LogP contribution in [0.1, 0.15) is 18.4 Å². The molecule has 1 aromatic rings. The summed E-state index contributed by atoms with van der Waals surface area (Å²) >= 11 is 0. The van der Waals surface area contributed by atoms with E-state index in [1.807, 2.05) is 0 Å². The SMILES string of the molecule is CN1CCN(c2ccc(CCNC(=O)C3CC3)cc2)CC1. The van der Waals surface area contributed by atoms with E-state index >= 15 is 0 Å². The van der Waals surface area contributed by atoms with Crippen LogP contribution in [0, 0.1) is 5.92 Å². The zero-order chi connectivity index (χ0) is 14.7. The van der Waals surface area contributed by atoms with Crippen molar-refractivity contribution in [3.05, 3.63) is 29.8 Å². The van der Waals surface area contributed by atoms with Gasteiger partial charge in [0, 0.05) is 44.3 Å². The maximum absolute atomic E-state index is 11.6. The van der Waals surface area contributed by atoms with Crippen molar-refractivity contribution in [2.75, 3.05) is 44.7 Å². The second-order valence-electron chi connectivity index (χ2n) is 6.27. The third-order valence-electron chi connectivity index (χ3n) is 4.47. The number of anilines is 1. The van der Waals surface area contributed by atoms with Gasteiger partial charge < -0.3 is 15.1 Å². The molecule has 1 aliphatic carbocycles. The van der Waals surface area contributed by atoms with E-state index in [0.29, 0.717) is 5.92 Å². The number of nitrogens with one attached hydrogen (secondary N) is 1. The number of nitrogens with zero attached hydrogens (tertiary/aromatic N) is 2. The number of hydrogen-bond acceptors (Lipinski definition) is 3. The molecule has 0 bridgehead atoms. The van der Waals surface area contributed by atoms with Crippen LogP contribution in [0.25, 0.3) is 0 Å². The van der Waals surface area contributed by atoms with Gasteiger partial charge in [0.05, 0.1) is 0 Å². The summed E-state index contributed by atoms with van der Waals surface area (Å²) in [5.74, 6) is 0.550. The Hall–Kier alpha value is -1.55. The molecule has 1 saturated carbocycles. The van der Waals surface area contributed by atoms with Crippen LogP contribution in [0.3, 0.4) is 0 Å². The summed E-state index contributed by atoms with van der Waals surface area (Å²) in [5, 5.41) is 3.02. The highest BCUT2D eigenvalue weighted by atomic mass is 16.2. The van der Waals surface area contributed by atoms with Crippen LogP contribution in [0.5, 0.6) is 0 Å². The van der Waals surface area contributed by atoms with Crippen molar-refractivity contribution >= 4 is 11.6 Å². The average Bonchev–Trinajstić information content (AvgIpc) is 3.33. The largest absolute Gasteiger partial charge is 0.369 e. The average molecular weight is 287 g/mol. The standard InChI is InChI=1S/C17H25N3O/c1-19-10-12-20(13-11-19)16-6-2-14(3-7-16)8-9-18-17(21)15-4-5-15/h2-3,6-7,15H,4-5,8-13H2,1H3,(H,18,21). The van der Waals surface area contributed by atoms with Gasteiger partial charge in [0.25, 0.3) is 0 Å². The summed E-state index contributed by atoms with van der Waals surface area (Å²) < 4.78 is 0. The summed E-state index contributed by atoms with van der Waals surface area (Å²) in [6, 6.07) is 8.81. The molecule has 1 amide bonds. The number of piperazine rings is 1. The van der Waals surface area contributed by atoms with Crippen molar-refractivity contribution < 1.29 is 4.79 Å². The molecule has 4 nitrogen and oxygen atoms in total. The first-order valence-electron chi connectivity index (χ1n) is 8.02. The molecule has 21 heavy (non-hydrogen) atoms. The fraction of sp³-hybridized carbons (Fsp3) is 0.588. The normalized spacial score (nSPS) is 19.6. The van der Waals surface area contributed by atoms with Crippen molar-refractivity contribution in [3.63, 3.8) is 0 Å². The van der Waals surface area contributed by atoms with Gasteiger partial charge in [0.15, 0.2) is 0 Å². The molecule has 114 valence electrons. The molecule has 0 atom stereocenters.